The average Bonchev–Trinajstić information content (AvgIpc) is 3.54. The number of hydrogen-bond acceptors (Lipinski definition) is 6. The average molecular weight is 468 g/mol. The number of ether oxygens (including phenoxy) is 1. The molecule has 0 radical (unpaired) electrons. The van der Waals surface area contributed by atoms with Crippen LogP contribution < -0.4 is 21.6 Å². The lowest BCUT2D eigenvalue weighted by molar-refractivity contribution is -0.118. The summed E-state index contributed by atoms with van der Waals surface area (Å²) in [6, 6.07) is 3.89. The minimum absolute atomic E-state index is 0.00463. The quantitative estimate of drug-likeness (QED) is 0.292. The maximum atomic E-state index is 9.70. The monoisotopic (exact) mass is 467 g/mol. The van der Waals surface area contributed by atoms with Crippen LogP contribution in [-0.2, 0) is 11.2 Å². The molecule has 0 aliphatic heterocycles. The summed E-state index contributed by atoms with van der Waals surface area (Å²) in [5.41, 5.74) is 8.95. The molecular formula is C21H34BrN5O2. The van der Waals surface area contributed by atoms with Crippen molar-refractivity contribution in [3.63, 3.8) is 0 Å². The number of nitrogens with zero attached hydrogens (tertiary/aromatic N) is 2. The van der Waals surface area contributed by atoms with Gasteiger partial charge in [0.1, 0.15) is 6.61 Å². The van der Waals surface area contributed by atoms with Crippen LogP contribution in [0.3, 0.4) is 0 Å². The summed E-state index contributed by atoms with van der Waals surface area (Å²) < 4.78 is 6.48. The van der Waals surface area contributed by atoms with Crippen molar-refractivity contribution >= 4 is 21.8 Å². The number of hydrogen-bond donors (Lipinski definition) is 3. The van der Waals surface area contributed by atoms with Crippen LogP contribution >= 0.6 is 15.9 Å². The molecule has 1 amide bonds. The van der Waals surface area contributed by atoms with Gasteiger partial charge in [-0.1, -0.05) is 26.0 Å². The van der Waals surface area contributed by atoms with Crippen molar-refractivity contribution in [2.75, 3.05) is 20.2 Å². The highest BCUT2D eigenvalue weighted by Gasteiger charge is 2.25. The van der Waals surface area contributed by atoms with Gasteiger partial charge in [-0.05, 0) is 53.1 Å². The number of aromatic nitrogens is 1. The first kappa shape index (κ1) is 25.0. The minimum Gasteiger partial charge on any atom is -0.472 e. The van der Waals surface area contributed by atoms with E-state index in [1.165, 1.54) is 25.3 Å². The Labute approximate surface area is 182 Å². The molecule has 8 heteroatoms. The molecule has 0 aromatic carbocycles. The van der Waals surface area contributed by atoms with Gasteiger partial charge in [0.25, 0.3) is 0 Å². The second-order valence-electron chi connectivity index (χ2n) is 6.87. The van der Waals surface area contributed by atoms with E-state index in [2.05, 4.69) is 40.1 Å². The van der Waals surface area contributed by atoms with Crippen LogP contribution in [-0.4, -0.2) is 36.1 Å². The van der Waals surface area contributed by atoms with Crippen LogP contribution in [0.1, 0.15) is 45.6 Å². The third-order valence-corrected chi connectivity index (χ3v) is 4.99. The summed E-state index contributed by atoms with van der Waals surface area (Å²) in [5.74, 6) is 7.48. The van der Waals surface area contributed by atoms with Gasteiger partial charge in [0.15, 0.2) is 0 Å². The highest BCUT2D eigenvalue weighted by atomic mass is 79.9. The Morgan fingerprint density at radius 2 is 2.07 bits per heavy atom. The first-order valence-electron chi connectivity index (χ1n) is 9.95. The lowest BCUT2D eigenvalue weighted by Gasteiger charge is -2.23. The number of nitrogens with one attached hydrogen (secondary N) is 1. The first-order chi connectivity index (χ1) is 13.8. The zero-order chi connectivity index (χ0) is 21.8. The van der Waals surface area contributed by atoms with Gasteiger partial charge < -0.3 is 20.8 Å². The molecule has 1 fully saturated rings. The number of hydrazine groups is 1. The largest absolute Gasteiger partial charge is 0.472 e. The second kappa shape index (κ2) is 13.2. The normalized spacial score (nSPS) is 14.3. The lowest BCUT2D eigenvalue weighted by Crippen LogP contribution is -2.35. The molecule has 0 unspecified atom stereocenters. The van der Waals surface area contributed by atoms with E-state index in [0.717, 1.165) is 29.6 Å². The zero-order valence-corrected chi connectivity index (χ0v) is 19.5. The molecule has 0 saturated heterocycles. The zero-order valence-electron chi connectivity index (χ0n) is 17.9. The summed E-state index contributed by atoms with van der Waals surface area (Å²) in [7, 11) is 1.60. The Morgan fingerprint density at radius 1 is 1.41 bits per heavy atom. The smallest absolute Gasteiger partial charge is 0.216 e. The van der Waals surface area contributed by atoms with E-state index < -0.39 is 0 Å². The molecule has 0 atom stereocenters. The van der Waals surface area contributed by atoms with Gasteiger partial charge in [0.05, 0.1) is 15.9 Å². The van der Waals surface area contributed by atoms with E-state index in [-0.39, 0.29) is 5.91 Å². The number of amides is 1. The van der Waals surface area contributed by atoms with Crippen LogP contribution in [0.25, 0.3) is 0 Å². The van der Waals surface area contributed by atoms with Gasteiger partial charge in [0.2, 0.25) is 11.8 Å². The number of pyridine rings is 1. The third-order valence-electron chi connectivity index (χ3n) is 4.33. The molecular weight excluding hydrogens is 434 g/mol. The van der Waals surface area contributed by atoms with Crippen molar-refractivity contribution in [1.29, 1.82) is 0 Å². The standard InChI is InChI=1S/C18H27BrN4O.C3H7NO/c1-3-5-16(23(21)11-14-6-7-14)18(20)15(19)12-24-17-9-8-13(4-2)10-22-17;1-3(5)4-2/h5,8-10,14H,3-4,6-7,11-12,20-21H2,1-2H3;1-2H3,(H,4,5)/b16-5+,18-15-;. The van der Waals surface area contributed by atoms with E-state index in [4.69, 9.17) is 16.3 Å². The van der Waals surface area contributed by atoms with E-state index in [0.29, 0.717) is 24.1 Å². The molecule has 7 nitrogen and oxygen atoms in total. The molecule has 162 valence electrons. The number of rotatable bonds is 9. The number of allylic oxidation sites excluding steroid dienone is 1. The highest BCUT2D eigenvalue weighted by molar-refractivity contribution is 9.11. The fourth-order valence-electron chi connectivity index (χ4n) is 2.31. The molecule has 1 saturated carbocycles. The number of nitrogens with two attached hydrogens (primary N) is 2. The van der Waals surface area contributed by atoms with Gasteiger partial charge in [0, 0.05) is 32.8 Å². The summed E-state index contributed by atoms with van der Waals surface area (Å²) in [4.78, 5) is 14.0. The first-order valence-corrected chi connectivity index (χ1v) is 10.7. The van der Waals surface area contributed by atoms with Crippen molar-refractivity contribution in [2.45, 2.75) is 46.5 Å². The van der Waals surface area contributed by atoms with Crippen LogP contribution in [0, 0.1) is 5.92 Å². The topological polar surface area (TPSA) is 106 Å². The number of carbonyl (C=O) groups is 1. The summed E-state index contributed by atoms with van der Waals surface area (Å²) in [5, 5.41) is 4.14. The Hall–Kier alpha value is -2.06. The van der Waals surface area contributed by atoms with Crippen LogP contribution in [0.4, 0.5) is 0 Å². The predicted molar refractivity (Wildman–Crippen MR) is 121 cm³/mol. The Bertz CT molecular complexity index is 700. The molecule has 2 rings (SSSR count). The van der Waals surface area contributed by atoms with Gasteiger partial charge in [-0.3, -0.25) is 4.79 Å². The van der Waals surface area contributed by atoms with Crippen molar-refractivity contribution in [1.82, 2.24) is 15.3 Å². The minimum atomic E-state index is 0.00463. The molecule has 1 heterocycles. The van der Waals surface area contributed by atoms with Crippen molar-refractivity contribution < 1.29 is 9.53 Å². The third kappa shape index (κ3) is 9.80. The molecule has 1 aromatic heterocycles. The molecule has 1 aromatic rings. The SMILES string of the molecule is CC/C=C(\C(N)=C(\Br)COc1ccc(CC)cn1)N(N)CC1CC1.CNC(C)=O. The summed E-state index contributed by atoms with van der Waals surface area (Å²) >= 11 is 3.53. The van der Waals surface area contributed by atoms with Crippen LogP contribution in [0.15, 0.2) is 40.3 Å². The number of carbonyl (C=O) groups excluding carboxylic acids is 1. The second-order valence-corrected chi connectivity index (χ2v) is 7.82. The molecule has 0 bridgehead atoms. The van der Waals surface area contributed by atoms with Crippen molar-refractivity contribution in [2.24, 2.45) is 17.5 Å². The van der Waals surface area contributed by atoms with Gasteiger partial charge in [-0.2, -0.15) is 0 Å². The maximum absolute atomic E-state index is 9.70. The molecule has 1 aliphatic rings. The Kier molecular flexibility index (Phi) is 11.4. The maximum Gasteiger partial charge on any atom is 0.216 e. The Balaban J connectivity index is 0.000000749. The number of aryl methyl sites for hydroxylation is 1. The fraction of sp³-hybridized carbons (Fsp3) is 0.524. The van der Waals surface area contributed by atoms with E-state index >= 15 is 0 Å². The van der Waals surface area contributed by atoms with Crippen molar-refractivity contribution in [3.05, 3.63) is 45.8 Å². The van der Waals surface area contributed by atoms with E-state index in [1.54, 1.807) is 12.1 Å². The molecule has 1 aliphatic carbocycles. The van der Waals surface area contributed by atoms with Gasteiger partial charge >= 0.3 is 0 Å². The lowest BCUT2D eigenvalue weighted by atomic mass is 10.2. The van der Waals surface area contributed by atoms with Gasteiger partial charge in [-0.15, -0.1) is 0 Å². The summed E-state index contributed by atoms with van der Waals surface area (Å²) in [6.45, 7) is 6.80. The number of halogens is 1. The van der Waals surface area contributed by atoms with E-state index in [1.807, 2.05) is 24.4 Å². The molecule has 0 spiro atoms. The van der Waals surface area contributed by atoms with Gasteiger partial charge in [-0.25, -0.2) is 10.8 Å². The summed E-state index contributed by atoms with van der Waals surface area (Å²) in [6.07, 6.45) is 8.21. The van der Waals surface area contributed by atoms with E-state index in [9.17, 15) is 4.79 Å². The highest BCUT2D eigenvalue weighted by Crippen LogP contribution is 2.31. The van der Waals surface area contributed by atoms with Crippen LogP contribution in [0.5, 0.6) is 5.88 Å². The van der Waals surface area contributed by atoms with Crippen molar-refractivity contribution in [3.8, 4) is 5.88 Å². The molecule has 29 heavy (non-hydrogen) atoms. The Morgan fingerprint density at radius 3 is 2.52 bits per heavy atom. The van der Waals surface area contributed by atoms with Crippen LogP contribution in [0.2, 0.25) is 0 Å². The fourth-order valence-corrected chi connectivity index (χ4v) is 2.63. The predicted octanol–water partition coefficient (Wildman–Crippen LogP) is 3.22. The molecule has 5 N–H and O–H groups in total.